The van der Waals surface area contributed by atoms with Gasteiger partial charge in [0.05, 0.1) is 22.8 Å². The molecule has 0 aliphatic carbocycles. The normalized spacial score (nSPS) is 10.6. The van der Waals surface area contributed by atoms with E-state index < -0.39 is 0 Å². The lowest BCUT2D eigenvalue weighted by Crippen LogP contribution is -2.07. The second-order valence-corrected chi connectivity index (χ2v) is 4.70. The number of thiazole rings is 1. The number of rotatable bonds is 4. The summed E-state index contributed by atoms with van der Waals surface area (Å²) >= 11 is 1.56. The van der Waals surface area contributed by atoms with Gasteiger partial charge in [-0.1, -0.05) is 5.21 Å². The van der Waals surface area contributed by atoms with E-state index in [0.717, 1.165) is 10.7 Å². The minimum Gasteiger partial charge on any atom is -0.299 e. The SMILES string of the molecule is Cc1nc(CC(=O)Cc2cn(C)nn2)cs1. The lowest BCUT2D eigenvalue weighted by atomic mass is 10.1. The topological polar surface area (TPSA) is 60.7 Å². The molecule has 0 radical (unpaired) electrons. The Hall–Kier alpha value is -1.56. The third-order valence-corrected chi connectivity index (χ3v) is 2.90. The van der Waals surface area contributed by atoms with Crippen molar-refractivity contribution in [1.82, 2.24) is 20.0 Å². The van der Waals surface area contributed by atoms with Crippen molar-refractivity contribution >= 4 is 17.1 Å². The number of aryl methyl sites for hydroxylation is 2. The molecule has 0 fully saturated rings. The highest BCUT2D eigenvalue weighted by molar-refractivity contribution is 7.09. The van der Waals surface area contributed by atoms with Gasteiger partial charge in [-0.2, -0.15) is 0 Å². The largest absolute Gasteiger partial charge is 0.299 e. The van der Waals surface area contributed by atoms with Gasteiger partial charge in [-0.3, -0.25) is 9.48 Å². The number of hydrogen-bond donors (Lipinski definition) is 0. The Balaban J connectivity index is 1.94. The van der Waals surface area contributed by atoms with E-state index in [1.54, 1.807) is 29.3 Å². The van der Waals surface area contributed by atoms with Gasteiger partial charge in [-0.25, -0.2) is 4.98 Å². The average Bonchev–Trinajstić information content (AvgIpc) is 2.76. The molecule has 0 saturated carbocycles. The Morgan fingerprint density at radius 1 is 1.44 bits per heavy atom. The average molecular weight is 236 g/mol. The zero-order valence-corrected chi connectivity index (χ0v) is 9.99. The van der Waals surface area contributed by atoms with Crippen molar-refractivity contribution in [3.63, 3.8) is 0 Å². The molecule has 2 rings (SSSR count). The molecule has 0 amide bonds. The molecule has 0 bridgehead atoms. The molecule has 0 saturated heterocycles. The molecule has 0 spiro atoms. The number of Topliss-reactive ketones (excluding diaryl/α,β-unsaturated/α-hetero) is 1. The molecule has 2 heterocycles. The van der Waals surface area contributed by atoms with E-state index in [9.17, 15) is 4.79 Å². The van der Waals surface area contributed by atoms with Crippen molar-refractivity contribution in [2.24, 2.45) is 7.05 Å². The molecule has 0 N–H and O–H groups in total. The standard InChI is InChI=1S/C10H12N4OS/c1-7-11-9(6-16-7)4-10(15)3-8-5-14(2)13-12-8/h5-6H,3-4H2,1-2H3. The first-order valence-electron chi connectivity index (χ1n) is 4.91. The summed E-state index contributed by atoms with van der Waals surface area (Å²) in [6.45, 7) is 1.93. The van der Waals surface area contributed by atoms with Gasteiger partial charge in [-0.15, -0.1) is 16.4 Å². The van der Waals surface area contributed by atoms with E-state index in [0.29, 0.717) is 18.5 Å². The minimum absolute atomic E-state index is 0.116. The van der Waals surface area contributed by atoms with E-state index in [1.807, 2.05) is 12.3 Å². The second kappa shape index (κ2) is 4.52. The first-order valence-corrected chi connectivity index (χ1v) is 5.79. The van der Waals surface area contributed by atoms with Crippen LogP contribution in [0.4, 0.5) is 0 Å². The predicted molar refractivity (Wildman–Crippen MR) is 60.3 cm³/mol. The maximum absolute atomic E-state index is 11.7. The zero-order valence-electron chi connectivity index (χ0n) is 9.17. The Kier molecular flexibility index (Phi) is 3.09. The summed E-state index contributed by atoms with van der Waals surface area (Å²) < 4.78 is 1.59. The quantitative estimate of drug-likeness (QED) is 0.792. The summed E-state index contributed by atoms with van der Waals surface area (Å²) in [6, 6.07) is 0. The van der Waals surface area contributed by atoms with Gasteiger partial charge in [-0.05, 0) is 6.92 Å². The fraction of sp³-hybridized carbons (Fsp3) is 0.400. The van der Waals surface area contributed by atoms with Gasteiger partial charge in [0.25, 0.3) is 0 Å². The first kappa shape index (κ1) is 10.9. The molecule has 0 unspecified atom stereocenters. The first-order chi connectivity index (χ1) is 7.63. The molecule has 0 aliphatic rings. The molecule has 2 aromatic heterocycles. The lowest BCUT2D eigenvalue weighted by Gasteiger charge is -1.94. The van der Waals surface area contributed by atoms with Crippen LogP contribution in [0.25, 0.3) is 0 Å². The van der Waals surface area contributed by atoms with E-state index in [4.69, 9.17) is 0 Å². The van der Waals surface area contributed by atoms with Gasteiger partial charge >= 0.3 is 0 Å². The second-order valence-electron chi connectivity index (χ2n) is 3.63. The van der Waals surface area contributed by atoms with Crippen molar-refractivity contribution in [2.75, 3.05) is 0 Å². The summed E-state index contributed by atoms with van der Waals surface area (Å²) in [5, 5.41) is 10.6. The summed E-state index contributed by atoms with van der Waals surface area (Å²) in [7, 11) is 1.78. The number of nitrogens with zero attached hydrogens (tertiary/aromatic N) is 4. The van der Waals surface area contributed by atoms with Gasteiger partial charge < -0.3 is 0 Å². The number of carbonyl (C=O) groups excluding carboxylic acids is 1. The molecular weight excluding hydrogens is 224 g/mol. The zero-order chi connectivity index (χ0) is 11.5. The molecule has 6 heteroatoms. The Morgan fingerprint density at radius 3 is 2.75 bits per heavy atom. The molecular formula is C10H12N4OS. The number of carbonyl (C=O) groups is 1. The number of aromatic nitrogens is 4. The monoisotopic (exact) mass is 236 g/mol. The molecule has 5 nitrogen and oxygen atoms in total. The molecule has 2 aromatic rings. The summed E-state index contributed by atoms with van der Waals surface area (Å²) in [4.78, 5) is 15.9. The highest BCUT2D eigenvalue weighted by Gasteiger charge is 2.09. The van der Waals surface area contributed by atoms with Crippen LogP contribution in [0.5, 0.6) is 0 Å². The maximum Gasteiger partial charge on any atom is 0.144 e. The fourth-order valence-corrected chi connectivity index (χ4v) is 2.04. The Morgan fingerprint density at radius 2 is 2.19 bits per heavy atom. The number of hydrogen-bond acceptors (Lipinski definition) is 5. The summed E-state index contributed by atoms with van der Waals surface area (Å²) in [6.07, 6.45) is 2.45. The van der Waals surface area contributed by atoms with Crippen LogP contribution in [-0.2, 0) is 24.7 Å². The van der Waals surface area contributed by atoms with Crippen LogP contribution in [0.2, 0.25) is 0 Å². The van der Waals surface area contributed by atoms with Crippen LogP contribution in [0.3, 0.4) is 0 Å². The minimum atomic E-state index is 0.116. The molecule has 0 aromatic carbocycles. The Bertz CT molecular complexity index is 458. The van der Waals surface area contributed by atoms with Gasteiger partial charge in [0, 0.05) is 25.0 Å². The van der Waals surface area contributed by atoms with Crippen LogP contribution in [-0.4, -0.2) is 25.8 Å². The Labute approximate surface area is 97.1 Å². The van der Waals surface area contributed by atoms with Gasteiger partial charge in [0.1, 0.15) is 5.78 Å². The lowest BCUT2D eigenvalue weighted by molar-refractivity contribution is -0.117. The van der Waals surface area contributed by atoms with E-state index in [1.165, 1.54) is 0 Å². The third kappa shape index (κ3) is 2.73. The molecule has 84 valence electrons. The van der Waals surface area contributed by atoms with Crippen LogP contribution in [0, 0.1) is 6.92 Å². The fourth-order valence-electron chi connectivity index (χ4n) is 1.43. The van der Waals surface area contributed by atoms with Crippen molar-refractivity contribution in [2.45, 2.75) is 19.8 Å². The summed E-state index contributed by atoms with van der Waals surface area (Å²) in [5.74, 6) is 0.116. The van der Waals surface area contributed by atoms with Gasteiger partial charge in [0.2, 0.25) is 0 Å². The maximum atomic E-state index is 11.7. The van der Waals surface area contributed by atoms with E-state index in [-0.39, 0.29) is 5.78 Å². The van der Waals surface area contributed by atoms with Crippen LogP contribution in [0.15, 0.2) is 11.6 Å². The summed E-state index contributed by atoms with van der Waals surface area (Å²) in [5.41, 5.74) is 1.55. The number of ketones is 1. The highest BCUT2D eigenvalue weighted by Crippen LogP contribution is 2.09. The molecule has 0 atom stereocenters. The van der Waals surface area contributed by atoms with Gasteiger partial charge in [0.15, 0.2) is 0 Å². The molecule has 0 aliphatic heterocycles. The van der Waals surface area contributed by atoms with Crippen molar-refractivity contribution in [3.05, 3.63) is 28.0 Å². The van der Waals surface area contributed by atoms with E-state index in [2.05, 4.69) is 15.3 Å². The van der Waals surface area contributed by atoms with E-state index >= 15 is 0 Å². The molecule has 16 heavy (non-hydrogen) atoms. The third-order valence-electron chi connectivity index (χ3n) is 2.07. The van der Waals surface area contributed by atoms with Crippen LogP contribution >= 0.6 is 11.3 Å². The van der Waals surface area contributed by atoms with Crippen molar-refractivity contribution < 1.29 is 4.79 Å². The van der Waals surface area contributed by atoms with Crippen LogP contribution < -0.4 is 0 Å². The van der Waals surface area contributed by atoms with Crippen molar-refractivity contribution in [3.8, 4) is 0 Å². The highest BCUT2D eigenvalue weighted by atomic mass is 32.1. The predicted octanol–water partition coefficient (Wildman–Crippen LogP) is 0.934. The smallest absolute Gasteiger partial charge is 0.144 e. The van der Waals surface area contributed by atoms with Crippen molar-refractivity contribution in [1.29, 1.82) is 0 Å². The van der Waals surface area contributed by atoms with Crippen LogP contribution in [0.1, 0.15) is 16.4 Å².